The van der Waals surface area contributed by atoms with Gasteiger partial charge in [-0.15, -0.1) is 0 Å². The van der Waals surface area contributed by atoms with Gasteiger partial charge >= 0.3 is 0 Å². The first kappa shape index (κ1) is 16.7. The number of aryl methyl sites for hydroxylation is 1. The van der Waals surface area contributed by atoms with E-state index in [9.17, 15) is 0 Å². The van der Waals surface area contributed by atoms with Crippen LogP contribution in [-0.2, 0) is 17.6 Å². The minimum atomic E-state index is 0.487. The Morgan fingerprint density at radius 3 is 2.87 bits per heavy atom. The first-order valence-corrected chi connectivity index (χ1v) is 9.01. The van der Waals surface area contributed by atoms with Gasteiger partial charge in [-0.3, -0.25) is 0 Å². The molecule has 0 saturated carbocycles. The monoisotopic (exact) mass is 318 g/mol. The van der Waals surface area contributed by atoms with Crippen LogP contribution in [0, 0.1) is 6.92 Å². The third kappa shape index (κ3) is 4.21. The molecule has 5 heteroatoms. The molecule has 0 spiro atoms. The number of hydrogen-bond acceptors (Lipinski definition) is 5. The summed E-state index contributed by atoms with van der Waals surface area (Å²) in [6.07, 6.45) is 7.37. The molecule has 0 unspecified atom stereocenters. The molecule has 3 rings (SSSR count). The molecule has 1 aromatic rings. The largest absolute Gasteiger partial charge is 0.378 e. The van der Waals surface area contributed by atoms with Crippen molar-refractivity contribution in [3.8, 4) is 0 Å². The maximum absolute atomic E-state index is 5.73. The van der Waals surface area contributed by atoms with Crippen LogP contribution in [-0.4, -0.2) is 61.3 Å². The van der Waals surface area contributed by atoms with E-state index in [0.717, 1.165) is 50.7 Å². The Labute approximate surface area is 140 Å². The minimum Gasteiger partial charge on any atom is -0.378 e. The average Bonchev–Trinajstić information content (AvgIpc) is 2.97. The van der Waals surface area contributed by atoms with Crippen molar-refractivity contribution in [3.05, 3.63) is 17.1 Å². The number of nitrogens with zero attached hydrogens (tertiary/aromatic N) is 4. The lowest BCUT2D eigenvalue weighted by molar-refractivity contribution is 0.103. The molecule has 0 radical (unpaired) electrons. The zero-order chi connectivity index (χ0) is 16.2. The van der Waals surface area contributed by atoms with E-state index in [1.54, 1.807) is 0 Å². The Bertz CT molecular complexity index is 528. The summed E-state index contributed by atoms with van der Waals surface area (Å²) >= 11 is 0. The topological polar surface area (TPSA) is 41.5 Å². The molecule has 0 aliphatic carbocycles. The van der Waals surface area contributed by atoms with Gasteiger partial charge < -0.3 is 14.5 Å². The molecule has 1 aromatic heterocycles. The number of aromatic nitrogens is 2. The van der Waals surface area contributed by atoms with Gasteiger partial charge in [-0.05, 0) is 46.1 Å². The summed E-state index contributed by atoms with van der Waals surface area (Å²) in [5.74, 6) is 2.05. The zero-order valence-electron chi connectivity index (χ0n) is 14.8. The number of hydrogen-bond donors (Lipinski definition) is 0. The summed E-state index contributed by atoms with van der Waals surface area (Å²) in [4.78, 5) is 14.2. The molecular formula is C18H30N4O. The van der Waals surface area contributed by atoms with Crippen LogP contribution >= 0.6 is 0 Å². The molecule has 1 fully saturated rings. The lowest BCUT2D eigenvalue weighted by Crippen LogP contribution is -2.24. The van der Waals surface area contributed by atoms with E-state index in [4.69, 9.17) is 14.7 Å². The van der Waals surface area contributed by atoms with Crippen LogP contribution in [0.3, 0.4) is 0 Å². The second-order valence-corrected chi connectivity index (χ2v) is 7.02. The van der Waals surface area contributed by atoms with Gasteiger partial charge in [0.2, 0.25) is 0 Å². The van der Waals surface area contributed by atoms with Gasteiger partial charge in [-0.2, -0.15) is 0 Å². The summed E-state index contributed by atoms with van der Waals surface area (Å²) in [7, 11) is 4.36. The lowest BCUT2D eigenvalue weighted by atomic mass is 10.1. The molecule has 23 heavy (non-hydrogen) atoms. The highest BCUT2D eigenvalue weighted by Gasteiger charge is 2.20. The fourth-order valence-corrected chi connectivity index (χ4v) is 3.66. The molecule has 2 aliphatic heterocycles. The van der Waals surface area contributed by atoms with Crippen LogP contribution in [0.25, 0.3) is 0 Å². The molecule has 2 aliphatic rings. The predicted molar refractivity (Wildman–Crippen MR) is 93.2 cm³/mol. The van der Waals surface area contributed by atoms with Crippen molar-refractivity contribution in [2.24, 2.45) is 0 Å². The van der Waals surface area contributed by atoms with E-state index in [2.05, 4.69) is 23.9 Å². The van der Waals surface area contributed by atoms with Crippen molar-refractivity contribution >= 4 is 5.82 Å². The predicted octanol–water partition coefficient (Wildman–Crippen LogP) is 2.21. The summed E-state index contributed by atoms with van der Waals surface area (Å²) < 4.78 is 5.73. The van der Waals surface area contributed by atoms with Crippen molar-refractivity contribution in [2.75, 3.05) is 45.2 Å². The highest BCUT2D eigenvalue weighted by molar-refractivity contribution is 5.49. The van der Waals surface area contributed by atoms with Gasteiger partial charge in [0, 0.05) is 45.3 Å². The molecule has 1 saturated heterocycles. The van der Waals surface area contributed by atoms with Crippen molar-refractivity contribution in [1.29, 1.82) is 0 Å². The van der Waals surface area contributed by atoms with E-state index in [1.807, 2.05) is 6.92 Å². The number of fused-ring (bicyclic) bond motifs is 1. The molecule has 0 N–H and O–H groups in total. The first-order valence-electron chi connectivity index (χ1n) is 9.01. The maximum Gasteiger partial charge on any atom is 0.135 e. The van der Waals surface area contributed by atoms with Crippen LogP contribution in [0.4, 0.5) is 5.82 Å². The van der Waals surface area contributed by atoms with Crippen LogP contribution in [0.2, 0.25) is 0 Å². The van der Waals surface area contributed by atoms with Gasteiger partial charge in [0.05, 0.1) is 11.8 Å². The van der Waals surface area contributed by atoms with Crippen molar-refractivity contribution in [1.82, 2.24) is 14.9 Å². The lowest BCUT2D eigenvalue weighted by Gasteiger charge is -2.23. The quantitative estimate of drug-likeness (QED) is 0.832. The second kappa shape index (κ2) is 7.58. The third-order valence-electron chi connectivity index (χ3n) is 5.06. The number of anilines is 1. The Kier molecular flexibility index (Phi) is 5.49. The Morgan fingerprint density at radius 2 is 2.09 bits per heavy atom. The zero-order valence-corrected chi connectivity index (χ0v) is 14.8. The molecule has 0 aromatic carbocycles. The Balaban J connectivity index is 1.67. The van der Waals surface area contributed by atoms with E-state index in [1.165, 1.54) is 36.9 Å². The number of likely N-dealkylation sites (N-methyl/N-ethyl adjacent to an activating group) is 1. The fourth-order valence-electron chi connectivity index (χ4n) is 3.66. The van der Waals surface area contributed by atoms with Gasteiger partial charge in [-0.25, -0.2) is 9.97 Å². The highest BCUT2D eigenvalue weighted by atomic mass is 16.5. The number of rotatable bonds is 5. The van der Waals surface area contributed by atoms with Crippen molar-refractivity contribution in [3.63, 3.8) is 0 Å². The standard InChI is InChI=1S/C18H30N4O/c1-14-19-17-9-12-21(2)11-8-16(17)18(20-14)22(3)10-4-6-15-7-5-13-23-15/h15H,4-13H2,1-3H3/t15-/m0/s1. The first-order chi connectivity index (χ1) is 11.1. The summed E-state index contributed by atoms with van der Waals surface area (Å²) in [5.41, 5.74) is 2.61. The maximum atomic E-state index is 5.73. The minimum absolute atomic E-state index is 0.487. The second-order valence-electron chi connectivity index (χ2n) is 7.02. The van der Waals surface area contributed by atoms with Crippen LogP contribution < -0.4 is 4.90 Å². The van der Waals surface area contributed by atoms with Crippen molar-refractivity contribution < 1.29 is 4.74 Å². The SMILES string of the molecule is Cc1nc2c(c(N(C)CCC[C@H]3CCCO3)n1)CCN(C)CC2. The van der Waals surface area contributed by atoms with Crippen LogP contribution in [0.1, 0.15) is 42.8 Å². The molecule has 0 amide bonds. The molecular weight excluding hydrogens is 288 g/mol. The van der Waals surface area contributed by atoms with Gasteiger partial charge in [0.25, 0.3) is 0 Å². The Morgan fingerprint density at radius 1 is 1.26 bits per heavy atom. The van der Waals surface area contributed by atoms with Crippen LogP contribution in [0.15, 0.2) is 0 Å². The molecule has 1 atom stereocenters. The molecule has 0 bridgehead atoms. The third-order valence-corrected chi connectivity index (χ3v) is 5.06. The Hall–Kier alpha value is -1.20. The smallest absolute Gasteiger partial charge is 0.135 e. The van der Waals surface area contributed by atoms with Crippen LogP contribution in [0.5, 0.6) is 0 Å². The van der Waals surface area contributed by atoms with Crippen molar-refractivity contribution in [2.45, 2.75) is 51.6 Å². The average molecular weight is 318 g/mol. The normalized spacial score (nSPS) is 22.0. The van der Waals surface area contributed by atoms with E-state index >= 15 is 0 Å². The van der Waals surface area contributed by atoms with E-state index in [0.29, 0.717) is 6.10 Å². The van der Waals surface area contributed by atoms with E-state index in [-0.39, 0.29) is 0 Å². The fraction of sp³-hybridized carbons (Fsp3) is 0.778. The van der Waals surface area contributed by atoms with Gasteiger partial charge in [-0.1, -0.05) is 0 Å². The van der Waals surface area contributed by atoms with E-state index < -0.39 is 0 Å². The summed E-state index contributed by atoms with van der Waals surface area (Å²) in [5, 5.41) is 0. The molecule has 5 nitrogen and oxygen atoms in total. The highest BCUT2D eigenvalue weighted by Crippen LogP contribution is 2.24. The molecule has 3 heterocycles. The molecule has 128 valence electrons. The summed E-state index contributed by atoms with van der Waals surface area (Å²) in [6.45, 7) is 6.19. The summed E-state index contributed by atoms with van der Waals surface area (Å²) in [6, 6.07) is 0. The number of ether oxygens (including phenoxy) is 1. The van der Waals surface area contributed by atoms with Gasteiger partial charge in [0.1, 0.15) is 11.6 Å². The van der Waals surface area contributed by atoms with Gasteiger partial charge in [0.15, 0.2) is 0 Å².